The van der Waals surface area contributed by atoms with Crippen LogP contribution in [0.15, 0.2) is 79.3 Å². The number of unbranched alkanes of at least 4 members (excludes halogenated alkanes) is 1. The lowest BCUT2D eigenvalue weighted by molar-refractivity contribution is 0.0500. The number of rotatable bonds is 8. The fourth-order valence-corrected chi connectivity index (χ4v) is 3.56. The van der Waals surface area contributed by atoms with Crippen LogP contribution in [0.4, 0.5) is 5.69 Å². The van der Waals surface area contributed by atoms with Crippen molar-refractivity contribution in [3.05, 3.63) is 95.9 Å². The summed E-state index contributed by atoms with van der Waals surface area (Å²) in [5, 5.41) is 15.3. The number of esters is 1. The van der Waals surface area contributed by atoms with Crippen molar-refractivity contribution >= 4 is 22.6 Å². The van der Waals surface area contributed by atoms with E-state index in [1.807, 2.05) is 42.5 Å². The number of nitrogens with zero attached hydrogens (tertiary/aromatic N) is 2. The molecule has 0 radical (unpaired) electrons. The van der Waals surface area contributed by atoms with Crippen LogP contribution in [0.3, 0.4) is 0 Å². The highest BCUT2D eigenvalue weighted by atomic mass is 16.5. The zero-order chi connectivity index (χ0) is 22.3. The van der Waals surface area contributed by atoms with Crippen molar-refractivity contribution in [2.45, 2.75) is 25.8 Å². The number of carbonyl (C=O) groups excluding carboxylic acids is 1. The van der Waals surface area contributed by atoms with E-state index in [-0.39, 0.29) is 11.7 Å². The minimum absolute atomic E-state index is 0.111. The van der Waals surface area contributed by atoms with Crippen LogP contribution in [0.2, 0.25) is 0 Å². The van der Waals surface area contributed by atoms with Crippen molar-refractivity contribution in [3.8, 4) is 5.75 Å². The summed E-state index contributed by atoms with van der Waals surface area (Å²) in [6.45, 7) is 2.46. The summed E-state index contributed by atoms with van der Waals surface area (Å²) < 4.78 is 5.34. The summed E-state index contributed by atoms with van der Waals surface area (Å²) in [4.78, 5) is 21.0. The average molecular weight is 428 g/mol. The van der Waals surface area contributed by atoms with Gasteiger partial charge in [0.15, 0.2) is 0 Å². The number of nitrogens with one attached hydrogen (secondary N) is 1. The monoisotopic (exact) mass is 427 g/mol. The molecule has 2 heterocycles. The number of benzene rings is 2. The van der Waals surface area contributed by atoms with E-state index in [0.29, 0.717) is 23.3 Å². The minimum Gasteiger partial charge on any atom is -0.505 e. The van der Waals surface area contributed by atoms with Crippen LogP contribution in [0, 0.1) is 0 Å². The molecule has 0 spiro atoms. The average Bonchev–Trinajstić information content (AvgIpc) is 2.84. The molecule has 0 aliphatic carbocycles. The highest BCUT2D eigenvalue weighted by molar-refractivity contribution is 5.90. The van der Waals surface area contributed by atoms with Gasteiger partial charge in [0.05, 0.1) is 18.2 Å². The molecule has 1 atom stereocenters. The van der Waals surface area contributed by atoms with E-state index in [2.05, 4.69) is 22.2 Å². The molecule has 162 valence electrons. The molecule has 6 nitrogen and oxygen atoms in total. The van der Waals surface area contributed by atoms with Gasteiger partial charge in [0, 0.05) is 35.2 Å². The normalized spacial score (nSPS) is 11.8. The molecule has 0 bridgehead atoms. The molecule has 0 saturated carbocycles. The fourth-order valence-electron chi connectivity index (χ4n) is 3.56. The second kappa shape index (κ2) is 9.92. The Morgan fingerprint density at radius 2 is 1.97 bits per heavy atom. The molecular weight excluding hydrogens is 402 g/mol. The number of phenolic OH excluding ortho intramolecular Hbond substituents is 1. The summed E-state index contributed by atoms with van der Waals surface area (Å²) in [5.41, 5.74) is 3.27. The summed E-state index contributed by atoms with van der Waals surface area (Å²) >= 11 is 0. The Bertz CT molecular complexity index is 1210. The van der Waals surface area contributed by atoms with Crippen molar-refractivity contribution in [3.63, 3.8) is 0 Å². The van der Waals surface area contributed by atoms with Gasteiger partial charge in [-0.2, -0.15) is 0 Å². The molecule has 2 N–H and O–H groups in total. The lowest BCUT2D eigenvalue weighted by atomic mass is 9.97. The standard InChI is InChI=1S/C26H25N3O3/c1-2-3-15-32-26(31)19-7-4-10-21(16-19)29-23(20-9-5-13-27-17-20)22-12-11-18-8-6-14-28-24(18)25(22)30/h4-14,16-17,23,29-30H,2-3,15H2,1H3. The number of phenols is 1. The van der Waals surface area contributed by atoms with Crippen molar-refractivity contribution in [2.75, 3.05) is 11.9 Å². The minimum atomic E-state index is -0.401. The maximum absolute atomic E-state index is 12.4. The molecule has 0 saturated heterocycles. The van der Waals surface area contributed by atoms with E-state index in [0.717, 1.165) is 29.5 Å². The topological polar surface area (TPSA) is 84.3 Å². The lowest BCUT2D eigenvalue weighted by Gasteiger charge is -2.22. The van der Waals surface area contributed by atoms with Crippen LogP contribution in [-0.2, 0) is 4.74 Å². The smallest absolute Gasteiger partial charge is 0.338 e. The number of pyridine rings is 2. The molecule has 4 aromatic rings. The van der Waals surface area contributed by atoms with Crippen LogP contribution in [0.5, 0.6) is 5.75 Å². The van der Waals surface area contributed by atoms with Gasteiger partial charge in [0.25, 0.3) is 0 Å². The van der Waals surface area contributed by atoms with Crippen molar-refractivity contribution in [2.24, 2.45) is 0 Å². The van der Waals surface area contributed by atoms with Crippen molar-refractivity contribution in [1.29, 1.82) is 0 Å². The van der Waals surface area contributed by atoms with Gasteiger partial charge in [-0.1, -0.05) is 43.7 Å². The molecule has 2 aromatic carbocycles. The van der Waals surface area contributed by atoms with Gasteiger partial charge in [0.1, 0.15) is 11.3 Å². The first-order valence-corrected chi connectivity index (χ1v) is 10.7. The van der Waals surface area contributed by atoms with Gasteiger partial charge in [-0.25, -0.2) is 4.79 Å². The Kier molecular flexibility index (Phi) is 6.60. The third-order valence-electron chi connectivity index (χ3n) is 5.25. The number of hydrogen-bond acceptors (Lipinski definition) is 6. The van der Waals surface area contributed by atoms with Crippen molar-refractivity contribution < 1.29 is 14.6 Å². The zero-order valence-corrected chi connectivity index (χ0v) is 17.9. The SMILES string of the molecule is CCCCOC(=O)c1cccc(NC(c2cccnc2)c2ccc3cccnc3c2O)c1. The Morgan fingerprint density at radius 3 is 2.78 bits per heavy atom. The molecule has 0 aliphatic heterocycles. The Hall–Kier alpha value is -3.93. The van der Waals surface area contributed by atoms with Crippen LogP contribution >= 0.6 is 0 Å². The van der Waals surface area contributed by atoms with Crippen LogP contribution in [0.1, 0.15) is 47.3 Å². The molecule has 1 unspecified atom stereocenters. The number of aromatic nitrogens is 2. The van der Waals surface area contributed by atoms with E-state index in [4.69, 9.17) is 4.74 Å². The van der Waals surface area contributed by atoms with Gasteiger partial charge < -0.3 is 15.2 Å². The lowest BCUT2D eigenvalue weighted by Crippen LogP contribution is -2.14. The van der Waals surface area contributed by atoms with Gasteiger partial charge in [-0.3, -0.25) is 9.97 Å². The first-order valence-electron chi connectivity index (χ1n) is 10.7. The van der Waals surface area contributed by atoms with Gasteiger partial charge >= 0.3 is 5.97 Å². The molecule has 32 heavy (non-hydrogen) atoms. The summed E-state index contributed by atoms with van der Waals surface area (Å²) in [6.07, 6.45) is 6.91. The molecule has 0 amide bonds. The fraction of sp³-hybridized carbons (Fsp3) is 0.192. The van der Waals surface area contributed by atoms with E-state index in [1.165, 1.54) is 0 Å². The Balaban J connectivity index is 1.69. The summed E-state index contributed by atoms with van der Waals surface area (Å²) in [6, 6.07) is 18.1. The highest BCUT2D eigenvalue weighted by Crippen LogP contribution is 2.36. The quantitative estimate of drug-likeness (QED) is 0.286. The molecule has 0 aliphatic rings. The number of fused-ring (bicyclic) bond motifs is 1. The predicted molar refractivity (Wildman–Crippen MR) is 125 cm³/mol. The number of aromatic hydroxyl groups is 1. The summed E-state index contributed by atoms with van der Waals surface area (Å²) in [7, 11) is 0. The van der Waals surface area contributed by atoms with E-state index < -0.39 is 6.04 Å². The second-order valence-electron chi connectivity index (χ2n) is 7.51. The third-order valence-corrected chi connectivity index (χ3v) is 5.25. The maximum Gasteiger partial charge on any atom is 0.338 e. The number of anilines is 1. The molecule has 4 rings (SSSR count). The molecule has 2 aromatic heterocycles. The zero-order valence-electron chi connectivity index (χ0n) is 17.9. The number of carbonyl (C=O) groups is 1. The van der Waals surface area contributed by atoms with E-state index >= 15 is 0 Å². The van der Waals surface area contributed by atoms with E-state index in [1.54, 1.807) is 36.8 Å². The third kappa shape index (κ3) is 4.70. The van der Waals surface area contributed by atoms with Crippen LogP contribution in [-0.4, -0.2) is 27.7 Å². The molecule has 0 fully saturated rings. The van der Waals surface area contributed by atoms with Gasteiger partial charge in [0.2, 0.25) is 0 Å². The Morgan fingerprint density at radius 1 is 1.09 bits per heavy atom. The second-order valence-corrected chi connectivity index (χ2v) is 7.51. The number of hydrogen-bond donors (Lipinski definition) is 2. The summed E-state index contributed by atoms with van der Waals surface area (Å²) in [5.74, 6) is -0.239. The van der Waals surface area contributed by atoms with Crippen molar-refractivity contribution in [1.82, 2.24) is 9.97 Å². The Labute approximate surface area is 186 Å². The number of ether oxygens (including phenoxy) is 1. The van der Waals surface area contributed by atoms with Crippen LogP contribution < -0.4 is 5.32 Å². The van der Waals surface area contributed by atoms with Crippen LogP contribution in [0.25, 0.3) is 10.9 Å². The van der Waals surface area contributed by atoms with Gasteiger partial charge in [-0.15, -0.1) is 0 Å². The molecular formula is C26H25N3O3. The predicted octanol–water partition coefficient (Wildman–Crippen LogP) is 5.49. The molecule has 6 heteroatoms. The highest BCUT2D eigenvalue weighted by Gasteiger charge is 2.20. The largest absolute Gasteiger partial charge is 0.505 e. The first-order chi connectivity index (χ1) is 15.7. The van der Waals surface area contributed by atoms with E-state index in [9.17, 15) is 9.90 Å². The first kappa shape index (κ1) is 21.3. The van der Waals surface area contributed by atoms with Gasteiger partial charge in [-0.05, 0) is 42.3 Å². The maximum atomic E-state index is 12.4.